The molecule has 0 heterocycles. The topological polar surface area (TPSA) is 70.0 Å². The molecule has 0 radical (unpaired) electrons. The van der Waals surface area contributed by atoms with Crippen LogP contribution in [-0.4, -0.2) is 5.11 Å². The lowest BCUT2D eigenvalue weighted by Crippen LogP contribution is -2.06. The maximum atomic E-state index is 9.18. The molecular weight excluding hydrogens is 140 g/mol. The van der Waals surface area contributed by atoms with Gasteiger partial charge >= 0.3 is 0 Å². The van der Waals surface area contributed by atoms with Gasteiger partial charge in [0, 0.05) is 5.56 Å². The number of nitriles is 1. The lowest BCUT2D eigenvalue weighted by molar-refractivity contribution is 0.466. The van der Waals surface area contributed by atoms with Gasteiger partial charge in [0.2, 0.25) is 0 Å². The summed E-state index contributed by atoms with van der Waals surface area (Å²) in [5.74, 6) is 0.0709. The van der Waals surface area contributed by atoms with Gasteiger partial charge in [0.05, 0.1) is 6.07 Å². The number of para-hydroxylation sites is 1. The summed E-state index contributed by atoms with van der Waals surface area (Å²) in [5.41, 5.74) is 5.84. The SMILES string of the molecule is N#CC(N)c1ccccc1O. The van der Waals surface area contributed by atoms with Crippen LogP contribution in [0.15, 0.2) is 24.3 Å². The normalized spacial score (nSPS) is 12.0. The largest absolute Gasteiger partial charge is 0.508 e. The minimum atomic E-state index is -0.740. The number of hydrogen-bond acceptors (Lipinski definition) is 3. The van der Waals surface area contributed by atoms with Gasteiger partial charge in [-0.25, -0.2) is 0 Å². The Labute approximate surface area is 64.7 Å². The van der Waals surface area contributed by atoms with Crippen LogP contribution in [0.3, 0.4) is 0 Å². The average molecular weight is 148 g/mol. The predicted molar refractivity (Wildman–Crippen MR) is 40.6 cm³/mol. The monoisotopic (exact) mass is 148 g/mol. The summed E-state index contributed by atoms with van der Waals surface area (Å²) in [4.78, 5) is 0. The maximum absolute atomic E-state index is 9.18. The van der Waals surface area contributed by atoms with E-state index in [1.807, 2.05) is 6.07 Å². The molecule has 0 aromatic heterocycles. The quantitative estimate of drug-likeness (QED) is 0.622. The summed E-state index contributed by atoms with van der Waals surface area (Å²) < 4.78 is 0. The molecule has 1 unspecified atom stereocenters. The van der Waals surface area contributed by atoms with Gasteiger partial charge in [-0.2, -0.15) is 5.26 Å². The molecule has 0 amide bonds. The summed E-state index contributed by atoms with van der Waals surface area (Å²) in [7, 11) is 0. The molecular formula is C8H8N2O. The minimum Gasteiger partial charge on any atom is -0.508 e. The summed E-state index contributed by atoms with van der Waals surface area (Å²) in [6.45, 7) is 0. The maximum Gasteiger partial charge on any atom is 0.122 e. The molecule has 3 N–H and O–H groups in total. The average Bonchev–Trinajstić information content (AvgIpc) is 2.04. The molecule has 0 fully saturated rings. The van der Waals surface area contributed by atoms with Crippen molar-refractivity contribution in [2.24, 2.45) is 5.73 Å². The highest BCUT2D eigenvalue weighted by atomic mass is 16.3. The third kappa shape index (κ3) is 1.48. The number of benzene rings is 1. The van der Waals surface area contributed by atoms with E-state index in [4.69, 9.17) is 11.0 Å². The fraction of sp³-hybridized carbons (Fsp3) is 0.125. The van der Waals surface area contributed by atoms with Gasteiger partial charge in [-0.15, -0.1) is 0 Å². The van der Waals surface area contributed by atoms with Crippen molar-refractivity contribution in [3.05, 3.63) is 29.8 Å². The van der Waals surface area contributed by atoms with Gasteiger partial charge in [0.25, 0.3) is 0 Å². The zero-order chi connectivity index (χ0) is 8.27. The molecule has 0 spiro atoms. The zero-order valence-corrected chi connectivity index (χ0v) is 5.86. The van der Waals surface area contributed by atoms with Crippen LogP contribution in [0.4, 0.5) is 0 Å². The van der Waals surface area contributed by atoms with Gasteiger partial charge in [-0.3, -0.25) is 0 Å². The van der Waals surface area contributed by atoms with Crippen molar-refractivity contribution in [3.8, 4) is 11.8 Å². The molecule has 0 aliphatic heterocycles. The lowest BCUT2D eigenvalue weighted by atomic mass is 10.1. The Morgan fingerprint density at radius 3 is 2.64 bits per heavy atom. The van der Waals surface area contributed by atoms with Gasteiger partial charge < -0.3 is 10.8 Å². The molecule has 0 saturated heterocycles. The third-order valence-electron chi connectivity index (χ3n) is 1.41. The molecule has 3 heteroatoms. The van der Waals surface area contributed by atoms with E-state index in [0.717, 1.165) is 0 Å². The second-order valence-corrected chi connectivity index (χ2v) is 2.17. The minimum absolute atomic E-state index is 0.0709. The molecule has 56 valence electrons. The molecule has 0 aliphatic rings. The van der Waals surface area contributed by atoms with Crippen LogP contribution < -0.4 is 5.73 Å². The Morgan fingerprint density at radius 2 is 2.09 bits per heavy atom. The van der Waals surface area contributed by atoms with E-state index in [1.165, 1.54) is 6.07 Å². The highest BCUT2D eigenvalue weighted by Crippen LogP contribution is 2.20. The Morgan fingerprint density at radius 1 is 1.45 bits per heavy atom. The molecule has 11 heavy (non-hydrogen) atoms. The summed E-state index contributed by atoms with van der Waals surface area (Å²) in [6, 6.07) is 7.65. The van der Waals surface area contributed by atoms with Crippen LogP contribution in [0.1, 0.15) is 11.6 Å². The van der Waals surface area contributed by atoms with E-state index >= 15 is 0 Å². The predicted octanol–water partition coefficient (Wildman–Crippen LogP) is 0.916. The van der Waals surface area contributed by atoms with Crippen LogP contribution >= 0.6 is 0 Å². The Hall–Kier alpha value is -1.53. The van der Waals surface area contributed by atoms with Crippen molar-refractivity contribution in [2.75, 3.05) is 0 Å². The third-order valence-corrected chi connectivity index (χ3v) is 1.41. The summed E-state index contributed by atoms with van der Waals surface area (Å²) >= 11 is 0. The van der Waals surface area contributed by atoms with E-state index in [9.17, 15) is 5.11 Å². The molecule has 1 aromatic carbocycles. The second kappa shape index (κ2) is 3.04. The van der Waals surface area contributed by atoms with E-state index in [0.29, 0.717) is 5.56 Å². The first-order valence-electron chi connectivity index (χ1n) is 3.19. The molecule has 0 saturated carbocycles. The summed E-state index contributed by atoms with van der Waals surface area (Å²) in [5, 5.41) is 17.6. The van der Waals surface area contributed by atoms with Crippen LogP contribution in [-0.2, 0) is 0 Å². The van der Waals surface area contributed by atoms with Crippen molar-refractivity contribution in [1.82, 2.24) is 0 Å². The van der Waals surface area contributed by atoms with Gasteiger partial charge in [-0.05, 0) is 6.07 Å². The zero-order valence-electron chi connectivity index (χ0n) is 5.86. The number of phenols is 1. The smallest absolute Gasteiger partial charge is 0.122 e. The number of hydrogen-bond donors (Lipinski definition) is 2. The van der Waals surface area contributed by atoms with Crippen molar-refractivity contribution >= 4 is 0 Å². The van der Waals surface area contributed by atoms with E-state index in [2.05, 4.69) is 0 Å². The molecule has 1 aromatic rings. The second-order valence-electron chi connectivity index (χ2n) is 2.17. The first-order valence-corrected chi connectivity index (χ1v) is 3.19. The fourth-order valence-corrected chi connectivity index (χ4v) is 0.820. The highest BCUT2D eigenvalue weighted by Gasteiger charge is 2.07. The number of aromatic hydroxyl groups is 1. The molecule has 1 atom stereocenters. The van der Waals surface area contributed by atoms with Crippen LogP contribution in [0, 0.1) is 11.3 Å². The number of rotatable bonds is 1. The van der Waals surface area contributed by atoms with E-state index in [1.54, 1.807) is 18.2 Å². The molecule has 3 nitrogen and oxygen atoms in total. The molecule has 0 bridgehead atoms. The van der Waals surface area contributed by atoms with Crippen LogP contribution in [0.2, 0.25) is 0 Å². The molecule has 1 rings (SSSR count). The number of phenolic OH excluding ortho intramolecular Hbond substituents is 1. The van der Waals surface area contributed by atoms with Gasteiger partial charge in [0.1, 0.15) is 11.8 Å². The summed E-state index contributed by atoms with van der Waals surface area (Å²) in [6.07, 6.45) is 0. The highest BCUT2D eigenvalue weighted by molar-refractivity contribution is 5.36. The van der Waals surface area contributed by atoms with Crippen molar-refractivity contribution in [3.63, 3.8) is 0 Å². The Bertz CT molecular complexity index is 290. The standard InChI is InChI=1S/C8H8N2O/c9-5-7(10)6-3-1-2-4-8(6)11/h1-4,7,11H,10H2. The fourth-order valence-electron chi connectivity index (χ4n) is 0.820. The number of nitrogens with zero attached hydrogens (tertiary/aromatic N) is 1. The molecule has 0 aliphatic carbocycles. The van der Waals surface area contributed by atoms with Gasteiger partial charge in [-0.1, -0.05) is 18.2 Å². The first-order chi connectivity index (χ1) is 5.25. The lowest BCUT2D eigenvalue weighted by Gasteiger charge is -2.03. The van der Waals surface area contributed by atoms with Gasteiger partial charge in [0.15, 0.2) is 0 Å². The Kier molecular flexibility index (Phi) is 2.09. The number of nitrogens with two attached hydrogens (primary N) is 1. The van der Waals surface area contributed by atoms with E-state index in [-0.39, 0.29) is 5.75 Å². The van der Waals surface area contributed by atoms with Crippen molar-refractivity contribution in [2.45, 2.75) is 6.04 Å². The van der Waals surface area contributed by atoms with Crippen molar-refractivity contribution < 1.29 is 5.11 Å². The first kappa shape index (κ1) is 7.58. The Balaban J connectivity index is 3.05. The van der Waals surface area contributed by atoms with Crippen LogP contribution in [0.25, 0.3) is 0 Å². The van der Waals surface area contributed by atoms with Crippen molar-refractivity contribution in [1.29, 1.82) is 5.26 Å². The van der Waals surface area contributed by atoms with E-state index < -0.39 is 6.04 Å². The van der Waals surface area contributed by atoms with Crippen LogP contribution in [0.5, 0.6) is 5.75 Å².